The third-order valence-corrected chi connectivity index (χ3v) is 2.48. The number of primary amides is 1. The summed E-state index contributed by atoms with van der Waals surface area (Å²) in [5.41, 5.74) is 5.90. The summed E-state index contributed by atoms with van der Waals surface area (Å²) >= 11 is 0. The molecule has 2 rings (SSSR count). The van der Waals surface area contributed by atoms with Gasteiger partial charge in [0.2, 0.25) is 5.91 Å². The van der Waals surface area contributed by atoms with E-state index in [4.69, 9.17) is 5.73 Å². The molecule has 18 heavy (non-hydrogen) atoms. The normalized spacial score (nSPS) is 11.7. The number of hydrogen-bond donors (Lipinski definition) is 1. The molecule has 96 valence electrons. The Kier molecular flexibility index (Phi) is 4.38. The molecule has 1 unspecified atom stereocenters. The minimum absolute atomic E-state index is 0. The highest BCUT2D eigenvalue weighted by molar-refractivity contribution is 5.85. The maximum atomic E-state index is 12.8. The van der Waals surface area contributed by atoms with E-state index in [1.165, 1.54) is 17.1 Å². The summed E-state index contributed by atoms with van der Waals surface area (Å²) in [6, 6.07) is 3.37. The Balaban J connectivity index is 0.00000162. The maximum Gasteiger partial charge on any atom is 0.224 e. The first-order chi connectivity index (χ1) is 8.08. The standard InChI is InChI=1S/C11H11FN4O.ClH/c1-7(11(13)17)8-2-3-10(14-4-8)16-6-9(12)5-15-16;/h2-7H,1H3,(H2,13,17);1H. The minimum Gasteiger partial charge on any atom is -0.369 e. The topological polar surface area (TPSA) is 73.8 Å². The number of carbonyl (C=O) groups excluding carboxylic acids is 1. The number of hydrogen-bond acceptors (Lipinski definition) is 3. The highest BCUT2D eigenvalue weighted by Gasteiger charge is 2.12. The van der Waals surface area contributed by atoms with Gasteiger partial charge in [0.15, 0.2) is 11.6 Å². The third-order valence-electron chi connectivity index (χ3n) is 2.48. The second-order valence-corrected chi connectivity index (χ2v) is 3.68. The summed E-state index contributed by atoms with van der Waals surface area (Å²) in [6.07, 6.45) is 3.85. The number of amides is 1. The first-order valence-corrected chi connectivity index (χ1v) is 5.04. The van der Waals surface area contributed by atoms with Crippen LogP contribution in [0.5, 0.6) is 0 Å². The molecule has 0 bridgehead atoms. The summed E-state index contributed by atoms with van der Waals surface area (Å²) in [5, 5.41) is 3.78. The molecule has 2 heterocycles. The fourth-order valence-corrected chi connectivity index (χ4v) is 1.38. The van der Waals surface area contributed by atoms with Crippen molar-refractivity contribution >= 4 is 18.3 Å². The van der Waals surface area contributed by atoms with Gasteiger partial charge >= 0.3 is 0 Å². The number of pyridine rings is 1. The number of halogens is 2. The summed E-state index contributed by atoms with van der Waals surface area (Å²) in [4.78, 5) is 15.1. The molecular weight excluding hydrogens is 259 g/mol. The second kappa shape index (κ2) is 5.59. The van der Waals surface area contributed by atoms with Gasteiger partial charge in [-0.05, 0) is 18.6 Å². The monoisotopic (exact) mass is 270 g/mol. The minimum atomic E-state index is -0.429. The van der Waals surface area contributed by atoms with Crippen molar-refractivity contribution in [3.8, 4) is 5.82 Å². The van der Waals surface area contributed by atoms with Gasteiger partial charge in [-0.15, -0.1) is 12.4 Å². The molecular formula is C11H12ClFN4O. The highest BCUT2D eigenvalue weighted by Crippen LogP contribution is 2.14. The lowest BCUT2D eigenvalue weighted by Gasteiger charge is -2.07. The van der Waals surface area contributed by atoms with Crippen molar-refractivity contribution in [2.24, 2.45) is 5.73 Å². The molecule has 1 amide bonds. The van der Waals surface area contributed by atoms with Crippen LogP contribution in [0.15, 0.2) is 30.7 Å². The molecule has 1 atom stereocenters. The van der Waals surface area contributed by atoms with Crippen LogP contribution in [0.2, 0.25) is 0 Å². The van der Waals surface area contributed by atoms with Crippen LogP contribution in [-0.2, 0) is 4.79 Å². The van der Waals surface area contributed by atoms with Gasteiger partial charge in [0.25, 0.3) is 0 Å². The number of aromatic nitrogens is 3. The van der Waals surface area contributed by atoms with E-state index in [9.17, 15) is 9.18 Å². The van der Waals surface area contributed by atoms with E-state index in [1.807, 2.05) is 0 Å². The molecule has 0 spiro atoms. The van der Waals surface area contributed by atoms with Crippen LogP contribution >= 0.6 is 12.4 Å². The van der Waals surface area contributed by atoms with Crippen LogP contribution in [0.3, 0.4) is 0 Å². The molecule has 0 saturated heterocycles. The van der Waals surface area contributed by atoms with Gasteiger partial charge in [-0.1, -0.05) is 6.07 Å². The van der Waals surface area contributed by atoms with Gasteiger partial charge in [0, 0.05) is 6.20 Å². The first-order valence-electron chi connectivity index (χ1n) is 5.04. The van der Waals surface area contributed by atoms with E-state index in [-0.39, 0.29) is 12.4 Å². The fraction of sp³-hybridized carbons (Fsp3) is 0.182. The second-order valence-electron chi connectivity index (χ2n) is 3.68. The molecule has 0 aromatic carbocycles. The van der Waals surface area contributed by atoms with Crippen LogP contribution in [-0.4, -0.2) is 20.7 Å². The quantitative estimate of drug-likeness (QED) is 0.916. The average molecular weight is 271 g/mol. The lowest BCUT2D eigenvalue weighted by molar-refractivity contribution is -0.119. The van der Waals surface area contributed by atoms with Crippen LogP contribution in [0.4, 0.5) is 4.39 Å². The van der Waals surface area contributed by atoms with Crippen molar-refractivity contribution in [1.29, 1.82) is 0 Å². The predicted molar refractivity (Wildman–Crippen MR) is 66.2 cm³/mol. The number of nitrogens with zero attached hydrogens (tertiary/aromatic N) is 3. The zero-order valence-corrected chi connectivity index (χ0v) is 10.4. The molecule has 0 aliphatic carbocycles. The van der Waals surface area contributed by atoms with Crippen LogP contribution in [0, 0.1) is 5.82 Å². The lowest BCUT2D eigenvalue weighted by atomic mass is 10.0. The van der Waals surface area contributed by atoms with Gasteiger partial charge < -0.3 is 5.73 Å². The Bertz CT molecular complexity index is 540. The van der Waals surface area contributed by atoms with E-state index >= 15 is 0 Å². The summed E-state index contributed by atoms with van der Waals surface area (Å²) in [6.45, 7) is 1.70. The number of nitrogens with two attached hydrogens (primary N) is 1. The number of rotatable bonds is 3. The van der Waals surface area contributed by atoms with Crippen LogP contribution in [0.25, 0.3) is 5.82 Å². The summed E-state index contributed by atoms with van der Waals surface area (Å²) in [7, 11) is 0. The summed E-state index contributed by atoms with van der Waals surface area (Å²) < 4.78 is 14.1. The maximum absolute atomic E-state index is 12.8. The van der Waals surface area contributed by atoms with Gasteiger partial charge in [0.1, 0.15) is 0 Å². The van der Waals surface area contributed by atoms with Gasteiger partial charge in [-0.2, -0.15) is 5.10 Å². The van der Waals surface area contributed by atoms with Gasteiger partial charge in [-0.3, -0.25) is 4.79 Å². The molecule has 2 N–H and O–H groups in total. The van der Waals surface area contributed by atoms with E-state index in [2.05, 4.69) is 10.1 Å². The molecule has 0 aliphatic rings. The summed E-state index contributed by atoms with van der Waals surface area (Å²) in [5.74, 6) is -0.758. The average Bonchev–Trinajstić information content (AvgIpc) is 2.75. The van der Waals surface area contributed by atoms with E-state index in [1.54, 1.807) is 19.1 Å². The molecule has 7 heteroatoms. The van der Waals surface area contributed by atoms with Crippen LogP contribution < -0.4 is 5.73 Å². The van der Waals surface area contributed by atoms with E-state index in [0.29, 0.717) is 11.4 Å². The first kappa shape index (κ1) is 14.1. The Labute approximate surface area is 109 Å². The Morgan fingerprint density at radius 1 is 1.44 bits per heavy atom. The SMILES string of the molecule is CC(C(N)=O)c1ccc(-n2cc(F)cn2)nc1.Cl. The van der Waals surface area contributed by atoms with E-state index in [0.717, 1.165) is 6.20 Å². The molecule has 0 fully saturated rings. The van der Waals surface area contributed by atoms with Crippen molar-refractivity contribution in [3.63, 3.8) is 0 Å². The molecule has 2 aromatic heterocycles. The smallest absolute Gasteiger partial charge is 0.224 e. The molecule has 5 nitrogen and oxygen atoms in total. The Morgan fingerprint density at radius 2 is 2.17 bits per heavy atom. The Morgan fingerprint density at radius 3 is 2.61 bits per heavy atom. The van der Waals surface area contributed by atoms with Gasteiger partial charge in [0.05, 0.1) is 18.3 Å². The zero-order valence-electron chi connectivity index (χ0n) is 9.58. The molecule has 0 saturated carbocycles. The lowest BCUT2D eigenvalue weighted by Crippen LogP contribution is -2.18. The zero-order chi connectivity index (χ0) is 12.4. The van der Waals surface area contributed by atoms with Crippen molar-refractivity contribution in [2.75, 3.05) is 0 Å². The van der Waals surface area contributed by atoms with Crippen molar-refractivity contribution in [1.82, 2.24) is 14.8 Å². The molecule has 0 radical (unpaired) electrons. The largest absolute Gasteiger partial charge is 0.369 e. The molecule has 2 aromatic rings. The predicted octanol–water partition coefficient (Wildman–Crippen LogP) is 1.42. The highest BCUT2D eigenvalue weighted by atomic mass is 35.5. The van der Waals surface area contributed by atoms with Crippen LogP contribution in [0.1, 0.15) is 18.4 Å². The van der Waals surface area contributed by atoms with E-state index < -0.39 is 17.6 Å². The number of carbonyl (C=O) groups is 1. The van der Waals surface area contributed by atoms with Crippen molar-refractivity contribution < 1.29 is 9.18 Å². The van der Waals surface area contributed by atoms with Crippen molar-refractivity contribution in [3.05, 3.63) is 42.1 Å². The third kappa shape index (κ3) is 2.84. The molecule has 0 aliphatic heterocycles. The Hall–Kier alpha value is -1.95. The fourth-order valence-electron chi connectivity index (χ4n) is 1.38. The van der Waals surface area contributed by atoms with Gasteiger partial charge in [-0.25, -0.2) is 14.1 Å². The van der Waals surface area contributed by atoms with Crippen molar-refractivity contribution in [2.45, 2.75) is 12.8 Å².